The lowest BCUT2D eigenvalue weighted by Gasteiger charge is -2.34. The molecule has 1 saturated carbocycles. The van der Waals surface area contributed by atoms with Crippen LogP contribution in [0.2, 0.25) is 0 Å². The average molecular weight is 305 g/mol. The molecule has 1 aromatic rings. The summed E-state index contributed by atoms with van der Waals surface area (Å²) in [6, 6.07) is 2.17. The summed E-state index contributed by atoms with van der Waals surface area (Å²) in [6.07, 6.45) is 4.43. The second-order valence-corrected chi connectivity index (χ2v) is 7.55. The van der Waals surface area contributed by atoms with Crippen molar-refractivity contribution in [2.75, 3.05) is 6.61 Å². The van der Waals surface area contributed by atoms with Gasteiger partial charge < -0.3 is 10.4 Å². The van der Waals surface area contributed by atoms with Crippen LogP contribution in [0.15, 0.2) is 6.07 Å². The summed E-state index contributed by atoms with van der Waals surface area (Å²) in [7, 11) is 0. The summed E-state index contributed by atoms with van der Waals surface area (Å²) in [5, 5.41) is 11.9. The maximum absolute atomic E-state index is 12.3. The van der Waals surface area contributed by atoms with Crippen molar-refractivity contribution in [2.45, 2.75) is 52.5 Å². The van der Waals surface area contributed by atoms with Gasteiger partial charge in [0.05, 0.1) is 9.75 Å². The fourth-order valence-corrected chi connectivity index (χ4v) is 3.59. The highest BCUT2D eigenvalue weighted by Crippen LogP contribution is 2.35. The first-order valence-corrected chi connectivity index (χ1v) is 8.24. The van der Waals surface area contributed by atoms with Crippen molar-refractivity contribution in [3.05, 3.63) is 21.4 Å². The highest BCUT2D eigenvalue weighted by Gasteiger charge is 2.28. The Morgan fingerprint density at radius 3 is 2.76 bits per heavy atom. The number of carbonyl (C=O) groups excluding carboxylic acids is 1. The van der Waals surface area contributed by atoms with Gasteiger partial charge in [0.25, 0.3) is 5.91 Å². The van der Waals surface area contributed by atoms with Gasteiger partial charge in [-0.05, 0) is 49.7 Å². The first-order valence-electron chi connectivity index (χ1n) is 7.42. The molecular weight excluding hydrogens is 282 g/mol. The fraction of sp³-hybridized carbons (Fsp3) is 0.588. The van der Waals surface area contributed by atoms with E-state index in [2.05, 4.69) is 31.0 Å². The van der Waals surface area contributed by atoms with Gasteiger partial charge in [0.1, 0.15) is 6.61 Å². The Balaban J connectivity index is 1.98. The van der Waals surface area contributed by atoms with Crippen molar-refractivity contribution < 1.29 is 9.90 Å². The Morgan fingerprint density at radius 1 is 1.48 bits per heavy atom. The van der Waals surface area contributed by atoms with Crippen LogP contribution in [0.1, 0.15) is 59.6 Å². The van der Waals surface area contributed by atoms with E-state index in [-0.39, 0.29) is 12.5 Å². The number of aliphatic hydroxyl groups is 1. The van der Waals surface area contributed by atoms with Crippen LogP contribution in [-0.2, 0) is 0 Å². The minimum Gasteiger partial charge on any atom is -0.384 e. The number of aliphatic hydroxyl groups excluding tert-OH is 1. The monoisotopic (exact) mass is 305 g/mol. The number of nitrogens with one attached hydrogen (secondary N) is 1. The zero-order chi connectivity index (χ0) is 15.5. The minimum atomic E-state index is -0.156. The summed E-state index contributed by atoms with van der Waals surface area (Å²) in [4.78, 5) is 13.9. The van der Waals surface area contributed by atoms with E-state index < -0.39 is 0 Å². The maximum Gasteiger partial charge on any atom is 0.261 e. The summed E-state index contributed by atoms with van der Waals surface area (Å²) in [6.45, 7) is 6.37. The number of rotatable bonds is 2. The van der Waals surface area contributed by atoms with Crippen LogP contribution >= 0.6 is 11.3 Å². The number of amides is 1. The van der Waals surface area contributed by atoms with E-state index in [0.29, 0.717) is 16.3 Å². The molecule has 114 valence electrons. The number of thiophene rings is 1. The molecule has 0 bridgehead atoms. The van der Waals surface area contributed by atoms with Crippen molar-refractivity contribution in [3.63, 3.8) is 0 Å². The smallest absolute Gasteiger partial charge is 0.261 e. The molecule has 3 nitrogen and oxygen atoms in total. The van der Waals surface area contributed by atoms with Crippen LogP contribution < -0.4 is 5.32 Å². The molecule has 21 heavy (non-hydrogen) atoms. The molecule has 0 spiro atoms. The normalized spacial score (nSPS) is 17.9. The van der Waals surface area contributed by atoms with Gasteiger partial charge in [0, 0.05) is 6.04 Å². The van der Waals surface area contributed by atoms with Crippen molar-refractivity contribution in [1.82, 2.24) is 5.32 Å². The molecule has 0 aliphatic heterocycles. The largest absolute Gasteiger partial charge is 0.384 e. The Bertz CT molecular complexity index is 567. The quantitative estimate of drug-likeness (QED) is 0.825. The Kier molecular flexibility index (Phi) is 5.08. The Hall–Kier alpha value is -1.31. The number of hydrogen-bond donors (Lipinski definition) is 2. The number of aryl methyl sites for hydroxylation is 1. The van der Waals surface area contributed by atoms with Crippen molar-refractivity contribution >= 4 is 17.2 Å². The summed E-state index contributed by atoms with van der Waals surface area (Å²) < 4.78 is 0. The van der Waals surface area contributed by atoms with E-state index in [1.165, 1.54) is 11.3 Å². The molecular formula is C17H23NO2S. The second-order valence-electron chi connectivity index (χ2n) is 6.49. The maximum atomic E-state index is 12.3. The molecule has 1 aliphatic rings. The first kappa shape index (κ1) is 16.1. The van der Waals surface area contributed by atoms with Crippen LogP contribution in [0.5, 0.6) is 0 Å². The van der Waals surface area contributed by atoms with Gasteiger partial charge in [0.15, 0.2) is 0 Å². The molecule has 1 fully saturated rings. The van der Waals surface area contributed by atoms with E-state index in [1.807, 2.05) is 13.0 Å². The molecule has 0 saturated heterocycles. The molecule has 2 N–H and O–H groups in total. The van der Waals surface area contributed by atoms with Crippen molar-refractivity contribution in [1.29, 1.82) is 0 Å². The van der Waals surface area contributed by atoms with Crippen LogP contribution in [-0.4, -0.2) is 23.7 Å². The van der Waals surface area contributed by atoms with E-state index in [1.54, 1.807) is 0 Å². The minimum absolute atomic E-state index is 0.00449. The predicted molar refractivity (Wildman–Crippen MR) is 86.5 cm³/mol. The molecule has 1 aliphatic carbocycles. The lowest BCUT2D eigenvalue weighted by Crippen LogP contribution is -2.38. The van der Waals surface area contributed by atoms with Crippen LogP contribution in [0, 0.1) is 24.2 Å². The molecule has 1 amide bonds. The molecule has 0 aromatic carbocycles. The fourth-order valence-electron chi connectivity index (χ4n) is 2.64. The summed E-state index contributed by atoms with van der Waals surface area (Å²) in [5.74, 6) is 5.53. The zero-order valence-electron chi connectivity index (χ0n) is 13.0. The molecule has 1 aromatic heterocycles. The van der Waals surface area contributed by atoms with E-state index >= 15 is 0 Å². The molecule has 2 rings (SSSR count). The van der Waals surface area contributed by atoms with Gasteiger partial charge in [-0.1, -0.05) is 25.7 Å². The Labute approximate surface area is 130 Å². The highest BCUT2D eigenvalue weighted by molar-refractivity contribution is 7.14. The number of carbonyl (C=O) groups is 1. The third kappa shape index (κ3) is 4.33. The second kappa shape index (κ2) is 6.64. The summed E-state index contributed by atoms with van der Waals surface area (Å²) >= 11 is 1.40. The van der Waals surface area contributed by atoms with Crippen molar-refractivity contribution in [2.24, 2.45) is 5.41 Å². The Morgan fingerprint density at radius 2 is 2.14 bits per heavy atom. The predicted octanol–water partition coefficient (Wildman–Crippen LogP) is 3.10. The molecule has 0 unspecified atom stereocenters. The lowest BCUT2D eigenvalue weighted by molar-refractivity contribution is 0.0913. The van der Waals surface area contributed by atoms with Crippen LogP contribution in [0.25, 0.3) is 0 Å². The third-order valence-corrected chi connectivity index (χ3v) is 5.25. The SMILES string of the molecule is Cc1cc(C(=O)NC2CCC(C)(C)CC2)sc1C#CCO. The van der Waals surface area contributed by atoms with Crippen LogP contribution in [0.3, 0.4) is 0 Å². The third-order valence-electron chi connectivity index (χ3n) is 4.10. The van der Waals surface area contributed by atoms with Gasteiger partial charge in [0.2, 0.25) is 0 Å². The van der Waals surface area contributed by atoms with Gasteiger partial charge in [-0.2, -0.15) is 0 Å². The molecule has 0 atom stereocenters. The van der Waals surface area contributed by atoms with Gasteiger partial charge >= 0.3 is 0 Å². The standard InChI is InChI=1S/C17H23NO2S/c1-12-11-15(21-14(12)5-4-10-19)16(20)18-13-6-8-17(2,3)9-7-13/h11,13,19H,6-10H2,1-3H3,(H,18,20). The lowest BCUT2D eigenvalue weighted by atomic mass is 9.75. The van der Waals surface area contributed by atoms with Crippen LogP contribution in [0.4, 0.5) is 0 Å². The van der Waals surface area contributed by atoms with Gasteiger partial charge in [-0.25, -0.2) is 0 Å². The molecule has 0 radical (unpaired) electrons. The average Bonchev–Trinajstić information content (AvgIpc) is 2.80. The van der Waals surface area contributed by atoms with Gasteiger partial charge in [-0.3, -0.25) is 4.79 Å². The topological polar surface area (TPSA) is 49.3 Å². The highest BCUT2D eigenvalue weighted by atomic mass is 32.1. The van der Waals surface area contributed by atoms with Crippen molar-refractivity contribution in [3.8, 4) is 11.8 Å². The number of hydrogen-bond acceptors (Lipinski definition) is 3. The zero-order valence-corrected chi connectivity index (χ0v) is 13.8. The van der Waals surface area contributed by atoms with E-state index in [9.17, 15) is 4.79 Å². The molecule has 4 heteroatoms. The van der Waals surface area contributed by atoms with E-state index in [4.69, 9.17) is 5.11 Å². The first-order chi connectivity index (χ1) is 9.91. The molecule has 1 heterocycles. The summed E-state index contributed by atoms with van der Waals surface area (Å²) in [5.41, 5.74) is 1.41. The van der Waals surface area contributed by atoms with E-state index in [0.717, 1.165) is 36.1 Å². The van der Waals surface area contributed by atoms with Gasteiger partial charge in [-0.15, -0.1) is 11.3 Å².